The van der Waals surface area contributed by atoms with Crippen molar-refractivity contribution >= 4 is 64.3 Å². The molecule has 6 heterocycles. The summed E-state index contributed by atoms with van der Waals surface area (Å²) in [5.74, 6) is 1.50. The normalized spacial score (nSPS) is 19.7. The smallest absolute Gasteiger partial charge is 0.255 e. The molecule has 20 nitrogen and oxygen atoms in total. The van der Waals surface area contributed by atoms with Crippen LogP contribution in [0.4, 0.5) is 29.0 Å². The predicted octanol–water partition coefficient (Wildman–Crippen LogP) is 3.11. The summed E-state index contributed by atoms with van der Waals surface area (Å²) in [6, 6.07) is 10.7. The van der Waals surface area contributed by atoms with Gasteiger partial charge in [-0.25, -0.2) is 9.97 Å². The molecule has 4 amide bonds. The largest absolute Gasteiger partial charge is 0.379 e. The average molecular weight is 971 g/mol. The highest BCUT2D eigenvalue weighted by atomic mass is 32.2. The van der Waals surface area contributed by atoms with Gasteiger partial charge in [-0.15, -0.1) is 0 Å². The second-order valence-electron chi connectivity index (χ2n) is 17.9. The number of carbonyl (C=O) groups is 4. The number of benzene rings is 1. The third-order valence-electron chi connectivity index (χ3n) is 13.1. The lowest BCUT2D eigenvalue weighted by Gasteiger charge is -2.51. The number of para-hydroxylation sites is 1. The number of nitrogens with one attached hydrogen (secondary N) is 6. The maximum atomic E-state index is 12.9. The van der Waals surface area contributed by atoms with Crippen LogP contribution in [0.2, 0.25) is 0 Å². The van der Waals surface area contributed by atoms with Gasteiger partial charge in [0, 0.05) is 68.1 Å². The summed E-state index contributed by atoms with van der Waals surface area (Å²) in [6.45, 7) is 11.4. The molecule has 3 fully saturated rings. The minimum Gasteiger partial charge on any atom is -0.379 e. The zero-order chi connectivity index (χ0) is 48.0. The van der Waals surface area contributed by atoms with Crippen molar-refractivity contribution in [2.24, 2.45) is 0 Å². The van der Waals surface area contributed by atoms with Gasteiger partial charge in [-0.05, 0) is 51.0 Å². The Bertz CT molecular complexity index is 2260. The van der Waals surface area contributed by atoms with Gasteiger partial charge in [0.1, 0.15) is 17.7 Å². The van der Waals surface area contributed by atoms with Gasteiger partial charge in [0.15, 0.2) is 5.50 Å². The van der Waals surface area contributed by atoms with E-state index in [0.717, 1.165) is 79.5 Å². The Labute approximate surface area is 407 Å². The van der Waals surface area contributed by atoms with E-state index in [-0.39, 0.29) is 53.7 Å². The van der Waals surface area contributed by atoms with Gasteiger partial charge in [0.2, 0.25) is 23.7 Å². The van der Waals surface area contributed by atoms with Crippen LogP contribution in [0, 0.1) is 0 Å². The molecule has 6 N–H and O–H groups in total. The van der Waals surface area contributed by atoms with Crippen LogP contribution in [0.15, 0.2) is 59.4 Å². The van der Waals surface area contributed by atoms with Gasteiger partial charge >= 0.3 is 0 Å². The number of ether oxygens (including phenoxy) is 4. The molecule has 2 saturated heterocycles. The van der Waals surface area contributed by atoms with E-state index in [1.165, 1.54) is 6.42 Å². The van der Waals surface area contributed by atoms with Crippen molar-refractivity contribution in [2.75, 3.05) is 119 Å². The van der Waals surface area contributed by atoms with Crippen molar-refractivity contribution in [2.45, 2.75) is 75.9 Å². The summed E-state index contributed by atoms with van der Waals surface area (Å²) >= 11 is 1.54. The fourth-order valence-corrected chi connectivity index (χ4v) is 10.3. The Hall–Kier alpha value is -5.58. The molecule has 1 spiro atoms. The maximum absolute atomic E-state index is 12.9. The van der Waals surface area contributed by atoms with Crippen molar-refractivity contribution in [3.63, 3.8) is 0 Å². The number of anilines is 5. The standard InChI is InChI=1S/C48H66N12O8S/c1-33-34(2)69-47(53-33)57-44(63)37-8-4-5-9-38(37)54-41(61)12-20-65-22-24-67-26-27-68-25-23-66-21-15-49-42(62)31-58-16-18-59(19-17-58)36-10-11-40(50-30-36)55-46-51-29-35-28-39-45(64)52-32-48(13-6-3-7-14-48)60(39)43(35)56-46/h4-5,8-11,29-30,39,47,53H,3,6-7,12-28,31-32H2,1-2H3,(H,49,62)(H,52,64)(H,54,61)(H,57,63)(H,50,51,55,56). The number of allylic oxidation sites excluding steroid dienone is 2. The molecule has 372 valence electrons. The van der Waals surface area contributed by atoms with Crippen molar-refractivity contribution in [3.8, 4) is 0 Å². The molecule has 1 aliphatic carbocycles. The van der Waals surface area contributed by atoms with Crippen LogP contribution in [0.5, 0.6) is 0 Å². The molecule has 0 radical (unpaired) electrons. The number of carbonyl (C=O) groups excluding carboxylic acids is 4. The van der Waals surface area contributed by atoms with E-state index in [1.54, 1.807) is 36.0 Å². The predicted molar refractivity (Wildman–Crippen MR) is 263 cm³/mol. The van der Waals surface area contributed by atoms with Crippen LogP contribution >= 0.6 is 11.8 Å². The zero-order valence-electron chi connectivity index (χ0n) is 39.7. The number of piperazine rings is 2. The molecule has 0 bridgehead atoms. The SMILES string of the molecule is CC1=C(C)SC(NC(=O)c2ccccc2NC(=O)CCOCCOCCOCCOCCNC(=O)CN2CCN(c3ccc(Nc4ncc5c(n4)N4C(C5)C(=O)NCC45CCCCC5)nc3)CC2)N1. The van der Waals surface area contributed by atoms with E-state index in [1.807, 2.05) is 38.4 Å². The van der Waals surface area contributed by atoms with Crippen molar-refractivity contribution in [1.29, 1.82) is 0 Å². The number of hydrogen-bond donors (Lipinski definition) is 6. The third kappa shape index (κ3) is 13.4. The van der Waals surface area contributed by atoms with E-state index in [2.05, 4.69) is 56.6 Å². The van der Waals surface area contributed by atoms with Crippen LogP contribution in [-0.2, 0) is 39.8 Å². The Balaban J connectivity index is 0.614. The number of fused-ring (bicyclic) bond motifs is 4. The zero-order valence-corrected chi connectivity index (χ0v) is 40.5. The first kappa shape index (κ1) is 49.8. The molecule has 1 saturated carbocycles. The summed E-state index contributed by atoms with van der Waals surface area (Å²) in [4.78, 5) is 73.0. The van der Waals surface area contributed by atoms with Crippen LogP contribution in [0.25, 0.3) is 0 Å². The van der Waals surface area contributed by atoms with E-state index in [9.17, 15) is 19.2 Å². The molecule has 2 aromatic heterocycles. The number of amides is 4. The Morgan fingerprint density at radius 1 is 0.841 bits per heavy atom. The molecule has 4 aliphatic heterocycles. The van der Waals surface area contributed by atoms with E-state index in [4.69, 9.17) is 23.9 Å². The van der Waals surface area contributed by atoms with Gasteiger partial charge in [-0.1, -0.05) is 43.2 Å². The van der Waals surface area contributed by atoms with Gasteiger partial charge < -0.3 is 60.6 Å². The molecule has 69 heavy (non-hydrogen) atoms. The lowest BCUT2D eigenvalue weighted by atomic mass is 9.78. The number of hydrogen-bond acceptors (Lipinski definition) is 17. The van der Waals surface area contributed by atoms with Crippen LogP contribution in [0.1, 0.15) is 68.3 Å². The summed E-state index contributed by atoms with van der Waals surface area (Å²) in [5, 5.41) is 18.4. The van der Waals surface area contributed by atoms with Gasteiger partial charge in [0.05, 0.1) is 94.5 Å². The lowest BCUT2D eigenvalue weighted by Crippen LogP contribution is -2.67. The number of thioether (sulfide) groups is 1. The summed E-state index contributed by atoms with van der Waals surface area (Å²) < 4.78 is 22.3. The van der Waals surface area contributed by atoms with Crippen molar-refractivity contribution < 1.29 is 38.1 Å². The van der Waals surface area contributed by atoms with Crippen LogP contribution in [0.3, 0.4) is 0 Å². The highest BCUT2D eigenvalue weighted by molar-refractivity contribution is 8.03. The molecule has 3 aromatic rings. The van der Waals surface area contributed by atoms with Gasteiger partial charge in [-0.3, -0.25) is 24.1 Å². The quantitative estimate of drug-likeness (QED) is 0.0751. The molecule has 5 aliphatic rings. The monoisotopic (exact) mass is 970 g/mol. The molecule has 1 aromatic carbocycles. The Morgan fingerprint density at radius 2 is 1.57 bits per heavy atom. The van der Waals surface area contributed by atoms with Gasteiger partial charge in [0.25, 0.3) is 5.91 Å². The number of rotatable bonds is 23. The van der Waals surface area contributed by atoms with Crippen molar-refractivity contribution in [3.05, 3.63) is 70.5 Å². The number of nitrogens with zero attached hydrogens (tertiary/aromatic N) is 6. The fraction of sp³-hybridized carbons (Fsp3) is 0.562. The lowest BCUT2D eigenvalue weighted by molar-refractivity contribution is -0.125. The fourth-order valence-electron chi connectivity index (χ4n) is 9.34. The number of aromatic nitrogens is 3. The third-order valence-corrected chi connectivity index (χ3v) is 14.2. The maximum Gasteiger partial charge on any atom is 0.255 e. The molecule has 2 unspecified atom stereocenters. The highest BCUT2D eigenvalue weighted by Gasteiger charge is 2.52. The van der Waals surface area contributed by atoms with E-state index < -0.39 is 0 Å². The average Bonchev–Trinajstić information content (AvgIpc) is 3.91. The first-order chi connectivity index (χ1) is 33.6. The van der Waals surface area contributed by atoms with Crippen LogP contribution in [-0.4, -0.2) is 159 Å². The minimum atomic E-state index is -0.277. The summed E-state index contributed by atoms with van der Waals surface area (Å²) in [5.41, 5.74) is 3.56. The van der Waals surface area contributed by atoms with Crippen molar-refractivity contribution in [1.82, 2.24) is 41.1 Å². The summed E-state index contributed by atoms with van der Waals surface area (Å²) in [7, 11) is 0. The Morgan fingerprint density at radius 3 is 2.28 bits per heavy atom. The second kappa shape index (κ2) is 24.3. The van der Waals surface area contributed by atoms with E-state index >= 15 is 0 Å². The van der Waals surface area contributed by atoms with E-state index in [0.29, 0.717) is 95.3 Å². The minimum absolute atomic E-state index is 0.0337. The van der Waals surface area contributed by atoms with Crippen LogP contribution < -0.4 is 41.7 Å². The molecular formula is C48H66N12O8S. The summed E-state index contributed by atoms with van der Waals surface area (Å²) in [6.07, 6.45) is 10.1. The first-order valence-corrected chi connectivity index (χ1v) is 25.0. The topological polar surface area (TPSA) is 226 Å². The highest BCUT2D eigenvalue weighted by Crippen LogP contribution is 2.45. The number of pyridine rings is 1. The second-order valence-corrected chi connectivity index (χ2v) is 19.2. The molecule has 8 rings (SSSR count). The molecule has 21 heteroatoms. The Kier molecular flexibility index (Phi) is 17.6. The van der Waals surface area contributed by atoms with Gasteiger partial charge in [-0.2, -0.15) is 4.98 Å². The first-order valence-electron chi connectivity index (χ1n) is 24.2. The molecular weight excluding hydrogens is 905 g/mol. The molecule has 2 atom stereocenters.